The van der Waals surface area contributed by atoms with Crippen molar-refractivity contribution in [3.63, 3.8) is 0 Å². The quantitative estimate of drug-likeness (QED) is 0.849. The molecule has 94 valence electrons. The summed E-state index contributed by atoms with van der Waals surface area (Å²) in [7, 11) is 1.56. The van der Waals surface area contributed by atoms with Crippen LogP contribution in [-0.2, 0) is 4.79 Å². The molecular weight excluding hydrogens is 240 g/mol. The highest BCUT2D eigenvalue weighted by Gasteiger charge is 2.08. The first-order chi connectivity index (χ1) is 8.08. The summed E-state index contributed by atoms with van der Waals surface area (Å²) in [5, 5.41) is 6.23. The van der Waals surface area contributed by atoms with Crippen molar-refractivity contribution in [1.29, 1.82) is 0 Å². The SMILES string of the molecule is CCNCC(=O)Nc1cc(Cl)c(OC)cc1C. The monoisotopic (exact) mass is 256 g/mol. The highest BCUT2D eigenvalue weighted by molar-refractivity contribution is 6.32. The molecule has 1 aromatic rings. The van der Waals surface area contributed by atoms with E-state index in [0.717, 1.165) is 12.1 Å². The van der Waals surface area contributed by atoms with Gasteiger partial charge in [0.05, 0.1) is 18.7 Å². The van der Waals surface area contributed by atoms with E-state index < -0.39 is 0 Å². The Morgan fingerprint density at radius 3 is 2.76 bits per heavy atom. The largest absolute Gasteiger partial charge is 0.495 e. The molecule has 5 heteroatoms. The molecule has 0 fully saturated rings. The van der Waals surface area contributed by atoms with Crippen molar-refractivity contribution in [3.8, 4) is 5.75 Å². The maximum Gasteiger partial charge on any atom is 0.238 e. The van der Waals surface area contributed by atoms with E-state index in [9.17, 15) is 4.79 Å². The van der Waals surface area contributed by atoms with Crippen molar-refractivity contribution in [2.75, 3.05) is 25.5 Å². The van der Waals surface area contributed by atoms with Crippen LogP contribution in [0.5, 0.6) is 5.75 Å². The van der Waals surface area contributed by atoms with E-state index in [2.05, 4.69) is 10.6 Å². The number of rotatable bonds is 5. The van der Waals surface area contributed by atoms with E-state index in [1.807, 2.05) is 13.8 Å². The Labute approximate surface area is 106 Å². The molecule has 0 aliphatic carbocycles. The zero-order valence-electron chi connectivity index (χ0n) is 10.3. The lowest BCUT2D eigenvalue weighted by Gasteiger charge is -2.11. The molecule has 0 aromatic heterocycles. The number of nitrogens with one attached hydrogen (secondary N) is 2. The first-order valence-corrected chi connectivity index (χ1v) is 5.81. The van der Waals surface area contributed by atoms with Crippen molar-refractivity contribution in [2.45, 2.75) is 13.8 Å². The molecule has 0 aliphatic rings. The number of aryl methyl sites for hydroxylation is 1. The third-order valence-corrected chi connectivity index (χ3v) is 2.60. The van der Waals surface area contributed by atoms with Crippen molar-refractivity contribution >= 4 is 23.2 Å². The Morgan fingerprint density at radius 1 is 1.47 bits per heavy atom. The highest BCUT2D eigenvalue weighted by Crippen LogP contribution is 2.30. The number of carbonyl (C=O) groups is 1. The fraction of sp³-hybridized carbons (Fsp3) is 0.417. The topological polar surface area (TPSA) is 50.4 Å². The zero-order chi connectivity index (χ0) is 12.8. The van der Waals surface area contributed by atoms with Gasteiger partial charge in [-0.2, -0.15) is 0 Å². The Morgan fingerprint density at radius 2 is 2.18 bits per heavy atom. The molecule has 0 bridgehead atoms. The first kappa shape index (κ1) is 13.8. The van der Waals surface area contributed by atoms with E-state index in [1.54, 1.807) is 19.2 Å². The van der Waals surface area contributed by atoms with Gasteiger partial charge in [-0.1, -0.05) is 18.5 Å². The summed E-state index contributed by atoms with van der Waals surface area (Å²) in [6.45, 7) is 4.89. The molecule has 0 heterocycles. The summed E-state index contributed by atoms with van der Waals surface area (Å²) in [4.78, 5) is 11.5. The lowest BCUT2D eigenvalue weighted by Crippen LogP contribution is -2.28. The van der Waals surface area contributed by atoms with Gasteiger partial charge < -0.3 is 15.4 Å². The number of halogens is 1. The van der Waals surface area contributed by atoms with Crippen molar-refractivity contribution in [1.82, 2.24) is 5.32 Å². The van der Waals surface area contributed by atoms with Gasteiger partial charge in [0.1, 0.15) is 5.75 Å². The lowest BCUT2D eigenvalue weighted by molar-refractivity contribution is -0.115. The van der Waals surface area contributed by atoms with Gasteiger partial charge in [0.2, 0.25) is 5.91 Å². The van der Waals surface area contributed by atoms with Crippen LogP contribution in [0.25, 0.3) is 0 Å². The molecule has 2 N–H and O–H groups in total. The fourth-order valence-corrected chi connectivity index (χ4v) is 1.62. The van der Waals surface area contributed by atoms with Crippen LogP contribution in [0.1, 0.15) is 12.5 Å². The second-order valence-corrected chi connectivity index (χ2v) is 4.04. The van der Waals surface area contributed by atoms with Gasteiger partial charge in [0.25, 0.3) is 0 Å². The van der Waals surface area contributed by atoms with Crippen LogP contribution in [0.2, 0.25) is 5.02 Å². The average molecular weight is 257 g/mol. The van der Waals surface area contributed by atoms with Crippen LogP contribution >= 0.6 is 11.6 Å². The van der Waals surface area contributed by atoms with Gasteiger partial charge in [-0.3, -0.25) is 4.79 Å². The lowest BCUT2D eigenvalue weighted by atomic mass is 10.2. The predicted molar refractivity (Wildman–Crippen MR) is 69.9 cm³/mol. The molecule has 0 radical (unpaired) electrons. The average Bonchev–Trinajstić information content (AvgIpc) is 2.30. The summed E-state index contributed by atoms with van der Waals surface area (Å²) in [6.07, 6.45) is 0. The van der Waals surface area contributed by atoms with Crippen LogP contribution < -0.4 is 15.4 Å². The molecule has 17 heavy (non-hydrogen) atoms. The summed E-state index contributed by atoms with van der Waals surface area (Å²) in [5.74, 6) is 0.519. The van der Waals surface area contributed by atoms with E-state index >= 15 is 0 Å². The molecule has 0 unspecified atom stereocenters. The van der Waals surface area contributed by atoms with Gasteiger partial charge in [0, 0.05) is 5.69 Å². The molecule has 4 nitrogen and oxygen atoms in total. The van der Waals surface area contributed by atoms with E-state index in [4.69, 9.17) is 16.3 Å². The molecule has 0 saturated carbocycles. The Hall–Kier alpha value is -1.26. The highest BCUT2D eigenvalue weighted by atomic mass is 35.5. The normalized spacial score (nSPS) is 10.1. The van der Waals surface area contributed by atoms with Crippen LogP contribution in [0.3, 0.4) is 0 Å². The van der Waals surface area contributed by atoms with Crippen LogP contribution in [0, 0.1) is 6.92 Å². The minimum Gasteiger partial charge on any atom is -0.495 e. The first-order valence-electron chi connectivity index (χ1n) is 5.43. The van der Waals surface area contributed by atoms with Crippen molar-refractivity contribution in [3.05, 3.63) is 22.7 Å². The van der Waals surface area contributed by atoms with Crippen molar-refractivity contribution in [2.24, 2.45) is 0 Å². The molecule has 0 spiro atoms. The van der Waals surface area contributed by atoms with Gasteiger partial charge in [-0.05, 0) is 31.2 Å². The Kier molecular flexibility index (Phi) is 5.25. The minimum absolute atomic E-state index is 0.0869. The number of benzene rings is 1. The molecule has 0 aliphatic heterocycles. The molecule has 0 saturated heterocycles. The number of carbonyl (C=O) groups excluding carboxylic acids is 1. The number of ether oxygens (including phenoxy) is 1. The van der Waals surface area contributed by atoms with Gasteiger partial charge in [-0.15, -0.1) is 0 Å². The summed E-state index contributed by atoms with van der Waals surface area (Å²) in [6, 6.07) is 3.49. The van der Waals surface area contributed by atoms with Crippen LogP contribution in [0.15, 0.2) is 12.1 Å². The summed E-state index contributed by atoms with van der Waals surface area (Å²) < 4.78 is 5.09. The predicted octanol–water partition coefficient (Wildman–Crippen LogP) is 2.21. The Balaban J connectivity index is 2.78. The minimum atomic E-state index is -0.0869. The molecule has 0 atom stereocenters. The van der Waals surface area contributed by atoms with Gasteiger partial charge in [0.15, 0.2) is 0 Å². The number of anilines is 1. The standard InChI is InChI=1S/C12H17ClN2O2/c1-4-14-7-12(16)15-10-6-9(13)11(17-3)5-8(10)2/h5-6,14H,4,7H2,1-3H3,(H,15,16). The number of likely N-dealkylation sites (N-methyl/N-ethyl adjacent to an activating group) is 1. The third kappa shape index (κ3) is 3.91. The third-order valence-electron chi connectivity index (χ3n) is 2.31. The van der Waals surface area contributed by atoms with Crippen molar-refractivity contribution < 1.29 is 9.53 Å². The summed E-state index contributed by atoms with van der Waals surface area (Å²) >= 11 is 6.00. The number of hydrogen-bond donors (Lipinski definition) is 2. The van der Waals surface area contributed by atoms with Crippen LogP contribution in [-0.4, -0.2) is 26.1 Å². The number of methoxy groups -OCH3 is 1. The van der Waals surface area contributed by atoms with E-state index in [0.29, 0.717) is 23.0 Å². The Bertz CT molecular complexity index is 408. The molecular formula is C12H17ClN2O2. The fourth-order valence-electron chi connectivity index (χ4n) is 1.38. The number of hydrogen-bond acceptors (Lipinski definition) is 3. The molecule has 1 amide bonds. The summed E-state index contributed by atoms with van der Waals surface area (Å²) in [5.41, 5.74) is 1.62. The zero-order valence-corrected chi connectivity index (χ0v) is 11.0. The second kappa shape index (κ2) is 6.47. The van der Waals surface area contributed by atoms with Gasteiger partial charge >= 0.3 is 0 Å². The van der Waals surface area contributed by atoms with Crippen LogP contribution in [0.4, 0.5) is 5.69 Å². The maximum absolute atomic E-state index is 11.5. The smallest absolute Gasteiger partial charge is 0.238 e. The molecule has 1 aromatic carbocycles. The van der Waals surface area contributed by atoms with E-state index in [-0.39, 0.29) is 5.91 Å². The van der Waals surface area contributed by atoms with E-state index in [1.165, 1.54) is 0 Å². The second-order valence-electron chi connectivity index (χ2n) is 3.63. The van der Waals surface area contributed by atoms with Gasteiger partial charge in [-0.25, -0.2) is 0 Å². The maximum atomic E-state index is 11.5. The number of amides is 1. The molecule has 1 rings (SSSR count).